The lowest BCUT2D eigenvalue weighted by Crippen LogP contribution is -2.51. The van der Waals surface area contributed by atoms with Crippen molar-refractivity contribution in [2.45, 2.75) is 49.8 Å². The zero-order chi connectivity index (χ0) is 22.9. The summed E-state index contributed by atoms with van der Waals surface area (Å²) in [6.07, 6.45) is 1.82. The summed E-state index contributed by atoms with van der Waals surface area (Å²) in [5.74, 6) is -0.0715. The topological polar surface area (TPSA) is 99.3 Å². The highest BCUT2D eigenvalue weighted by atomic mass is 32.2. The Morgan fingerprint density at radius 1 is 1.00 bits per heavy atom. The summed E-state index contributed by atoms with van der Waals surface area (Å²) >= 11 is 0. The molecule has 1 aromatic rings. The van der Waals surface area contributed by atoms with E-state index in [0.717, 1.165) is 12.8 Å². The quantitative estimate of drug-likeness (QED) is 0.659. The average molecular weight is 465 g/mol. The van der Waals surface area contributed by atoms with E-state index in [-0.39, 0.29) is 28.9 Å². The van der Waals surface area contributed by atoms with Crippen LogP contribution < -0.4 is 5.32 Å². The van der Waals surface area contributed by atoms with E-state index >= 15 is 0 Å². The molecule has 0 spiro atoms. The van der Waals surface area contributed by atoms with Gasteiger partial charge < -0.3 is 15.0 Å². The zero-order valence-corrected chi connectivity index (χ0v) is 19.5. The third kappa shape index (κ3) is 5.48. The van der Waals surface area contributed by atoms with Crippen LogP contribution in [0.2, 0.25) is 0 Å². The van der Waals surface area contributed by atoms with Gasteiger partial charge in [0.25, 0.3) is 5.91 Å². The number of amides is 2. The van der Waals surface area contributed by atoms with Crippen LogP contribution in [0.25, 0.3) is 0 Å². The predicted octanol–water partition coefficient (Wildman–Crippen LogP) is 0.521. The standard InChI is InChI=1S/C22H32N4O5S/c1-16-13-26(14-17(2)31-16)32(29,30)20-7-3-18(4-8-20)22(28)25-11-9-24(10-12-25)15-21(27)23-19-5-6-19/h3-4,7-8,16-17,19H,5-6,9-15H2,1-2H3,(H,23,27). The Kier molecular flexibility index (Phi) is 6.85. The van der Waals surface area contributed by atoms with E-state index in [1.807, 2.05) is 13.8 Å². The summed E-state index contributed by atoms with van der Waals surface area (Å²) in [4.78, 5) is 28.8. The Morgan fingerprint density at radius 2 is 1.59 bits per heavy atom. The maximum Gasteiger partial charge on any atom is 0.253 e. The van der Waals surface area contributed by atoms with E-state index in [9.17, 15) is 18.0 Å². The maximum atomic E-state index is 13.0. The average Bonchev–Trinajstić information content (AvgIpc) is 3.57. The molecule has 2 amide bonds. The Hall–Kier alpha value is -2.01. The molecule has 2 aliphatic heterocycles. The predicted molar refractivity (Wildman–Crippen MR) is 119 cm³/mol. The van der Waals surface area contributed by atoms with Crippen molar-refractivity contribution in [3.05, 3.63) is 29.8 Å². The van der Waals surface area contributed by atoms with Crippen LogP contribution in [0.15, 0.2) is 29.2 Å². The minimum Gasteiger partial charge on any atom is -0.373 e. The molecule has 2 unspecified atom stereocenters. The minimum atomic E-state index is -3.63. The van der Waals surface area contributed by atoms with E-state index < -0.39 is 10.0 Å². The van der Waals surface area contributed by atoms with Gasteiger partial charge in [0, 0.05) is 50.9 Å². The lowest BCUT2D eigenvalue weighted by atomic mass is 10.2. The van der Waals surface area contributed by atoms with E-state index in [1.165, 1.54) is 16.4 Å². The second kappa shape index (κ2) is 9.46. The van der Waals surface area contributed by atoms with Crippen LogP contribution in [0.4, 0.5) is 0 Å². The fourth-order valence-electron chi connectivity index (χ4n) is 4.24. The summed E-state index contributed by atoms with van der Waals surface area (Å²) in [7, 11) is -3.63. The molecule has 2 atom stereocenters. The van der Waals surface area contributed by atoms with Crippen molar-refractivity contribution in [3.8, 4) is 0 Å². The molecule has 0 aromatic heterocycles. The van der Waals surface area contributed by atoms with Gasteiger partial charge in [-0.25, -0.2) is 8.42 Å². The number of hydrogen-bond donors (Lipinski definition) is 1. The summed E-state index contributed by atoms with van der Waals surface area (Å²) < 4.78 is 33.1. The molecule has 176 valence electrons. The molecule has 1 saturated carbocycles. The van der Waals surface area contributed by atoms with Crippen LogP contribution in [0, 0.1) is 0 Å². The summed E-state index contributed by atoms with van der Waals surface area (Å²) in [5, 5.41) is 2.99. The lowest BCUT2D eigenvalue weighted by Gasteiger charge is -2.35. The smallest absolute Gasteiger partial charge is 0.253 e. The molecule has 1 aliphatic carbocycles. The molecule has 2 saturated heterocycles. The first-order valence-electron chi connectivity index (χ1n) is 11.3. The van der Waals surface area contributed by atoms with Gasteiger partial charge in [0.15, 0.2) is 0 Å². The number of sulfonamides is 1. The number of benzene rings is 1. The number of nitrogens with one attached hydrogen (secondary N) is 1. The number of carbonyl (C=O) groups excluding carboxylic acids is 2. The number of rotatable bonds is 6. The summed E-state index contributed by atoms with van der Waals surface area (Å²) in [5.41, 5.74) is 0.465. The molecular weight excluding hydrogens is 432 g/mol. The summed E-state index contributed by atoms with van der Waals surface area (Å²) in [6.45, 7) is 7.08. The Labute approximate surface area is 189 Å². The van der Waals surface area contributed by atoms with Crippen molar-refractivity contribution >= 4 is 21.8 Å². The first-order valence-corrected chi connectivity index (χ1v) is 12.7. The lowest BCUT2D eigenvalue weighted by molar-refractivity contribution is -0.122. The molecule has 0 bridgehead atoms. The molecule has 32 heavy (non-hydrogen) atoms. The Morgan fingerprint density at radius 3 is 2.16 bits per heavy atom. The number of nitrogens with zero attached hydrogens (tertiary/aromatic N) is 3. The molecule has 3 fully saturated rings. The van der Waals surface area contributed by atoms with Gasteiger partial charge in [-0.15, -0.1) is 0 Å². The second-order valence-corrected chi connectivity index (χ2v) is 11.0. The largest absolute Gasteiger partial charge is 0.373 e. The van der Waals surface area contributed by atoms with Crippen molar-refractivity contribution < 1.29 is 22.7 Å². The van der Waals surface area contributed by atoms with Gasteiger partial charge in [-0.05, 0) is 51.0 Å². The van der Waals surface area contributed by atoms with Crippen molar-refractivity contribution in [2.75, 3.05) is 45.8 Å². The van der Waals surface area contributed by atoms with Gasteiger partial charge in [-0.2, -0.15) is 4.31 Å². The van der Waals surface area contributed by atoms with Gasteiger partial charge in [0.05, 0.1) is 23.6 Å². The van der Waals surface area contributed by atoms with E-state index in [1.54, 1.807) is 17.0 Å². The molecule has 2 heterocycles. The van der Waals surface area contributed by atoms with Crippen LogP contribution in [0.3, 0.4) is 0 Å². The number of hydrogen-bond acceptors (Lipinski definition) is 6. The SMILES string of the molecule is CC1CN(S(=O)(=O)c2ccc(C(=O)N3CCN(CC(=O)NC4CC4)CC3)cc2)CC(C)O1. The van der Waals surface area contributed by atoms with Gasteiger partial charge in [-0.1, -0.05) is 0 Å². The third-order valence-electron chi connectivity index (χ3n) is 6.09. The monoisotopic (exact) mass is 464 g/mol. The van der Waals surface area contributed by atoms with Gasteiger partial charge in [-0.3, -0.25) is 14.5 Å². The molecule has 9 nitrogen and oxygen atoms in total. The Balaban J connectivity index is 1.32. The Bertz CT molecular complexity index is 930. The van der Waals surface area contributed by atoms with Crippen LogP contribution in [0.5, 0.6) is 0 Å². The van der Waals surface area contributed by atoms with Crippen LogP contribution in [0.1, 0.15) is 37.0 Å². The fraction of sp³-hybridized carbons (Fsp3) is 0.636. The molecule has 3 aliphatic rings. The number of piperazine rings is 1. The highest BCUT2D eigenvalue weighted by Crippen LogP contribution is 2.22. The highest BCUT2D eigenvalue weighted by Gasteiger charge is 2.32. The first kappa shape index (κ1) is 23.2. The summed E-state index contributed by atoms with van der Waals surface area (Å²) in [6, 6.07) is 6.53. The van der Waals surface area contributed by atoms with Crippen molar-refractivity contribution in [1.82, 2.24) is 19.4 Å². The maximum absolute atomic E-state index is 13.0. The van der Waals surface area contributed by atoms with Gasteiger partial charge in [0.1, 0.15) is 0 Å². The van der Waals surface area contributed by atoms with E-state index in [4.69, 9.17) is 4.74 Å². The number of morpholine rings is 1. The first-order chi connectivity index (χ1) is 15.2. The van der Waals surface area contributed by atoms with E-state index in [2.05, 4.69) is 10.2 Å². The molecule has 1 aromatic carbocycles. The number of ether oxygens (including phenoxy) is 1. The fourth-order valence-corrected chi connectivity index (χ4v) is 5.83. The molecule has 10 heteroatoms. The molecule has 0 radical (unpaired) electrons. The van der Waals surface area contributed by atoms with E-state index in [0.29, 0.717) is 57.4 Å². The zero-order valence-electron chi connectivity index (χ0n) is 18.7. The molecular formula is C22H32N4O5S. The van der Waals surface area contributed by atoms with Crippen molar-refractivity contribution in [3.63, 3.8) is 0 Å². The van der Waals surface area contributed by atoms with Gasteiger partial charge in [0.2, 0.25) is 15.9 Å². The van der Waals surface area contributed by atoms with Crippen LogP contribution in [-0.4, -0.2) is 98.4 Å². The van der Waals surface area contributed by atoms with Crippen LogP contribution in [-0.2, 0) is 19.6 Å². The highest BCUT2D eigenvalue weighted by molar-refractivity contribution is 7.89. The molecule has 4 rings (SSSR count). The van der Waals surface area contributed by atoms with Crippen molar-refractivity contribution in [2.24, 2.45) is 0 Å². The van der Waals surface area contributed by atoms with Crippen molar-refractivity contribution in [1.29, 1.82) is 0 Å². The van der Waals surface area contributed by atoms with Crippen LogP contribution >= 0.6 is 0 Å². The molecule has 1 N–H and O–H groups in total. The second-order valence-electron chi connectivity index (χ2n) is 9.01. The van der Waals surface area contributed by atoms with Gasteiger partial charge >= 0.3 is 0 Å². The third-order valence-corrected chi connectivity index (χ3v) is 7.94. The minimum absolute atomic E-state index is 0.0492. The number of carbonyl (C=O) groups is 2. The normalized spacial score (nSPS) is 25.5.